The molecule has 1 atom stereocenters. The maximum absolute atomic E-state index is 14.9. The molecule has 1 amide bonds. The Morgan fingerprint density at radius 1 is 0.975 bits per heavy atom. The van der Waals surface area contributed by atoms with E-state index in [0.717, 1.165) is 82.5 Å². The first-order chi connectivity index (χ1) is 38.3. The lowest BCUT2D eigenvalue weighted by atomic mass is 9.59. The fraction of sp³-hybridized carbons (Fsp3) is 0.450. The molecule has 0 unspecified atom stereocenters. The highest BCUT2D eigenvalue weighted by molar-refractivity contribution is 7.90. The number of carbonyl (C=O) groups is 1. The number of anilines is 3. The SMILES string of the molecule is CC(C)c1ccccc1[C@@H]1CN(Cc2ccc(OC(F)F)cc2)CCN1C1CC2(CCN(c3ccc(C(=O)NS(=O)(=O)c4cc(N(C)[O-])c(NCC5CCC(C)(O)CC5)c5[nH]cnc45)c(Oc4ccc5c(n4)C(F)=CC5)c3)CC2)C1. The maximum Gasteiger partial charge on any atom is 0.387 e. The summed E-state index contributed by atoms with van der Waals surface area (Å²) < 4.78 is 82.6. The van der Waals surface area contributed by atoms with Crippen molar-refractivity contribution in [3.63, 3.8) is 0 Å². The number of sulfonamides is 1. The molecule has 20 heteroatoms. The van der Waals surface area contributed by atoms with Gasteiger partial charge >= 0.3 is 6.61 Å². The molecule has 2 aromatic heterocycles. The van der Waals surface area contributed by atoms with Crippen molar-refractivity contribution in [3.05, 3.63) is 136 Å². The molecule has 0 bridgehead atoms. The van der Waals surface area contributed by atoms with Crippen LogP contribution in [0.25, 0.3) is 16.9 Å². The van der Waals surface area contributed by atoms with Gasteiger partial charge in [0.1, 0.15) is 33.4 Å². The van der Waals surface area contributed by atoms with Crippen LogP contribution in [0.1, 0.15) is 122 Å². The van der Waals surface area contributed by atoms with Gasteiger partial charge in [0.05, 0.1) is 34.4 Å². The monoisotopic (exact) mass is 1120 g/mol. The molecule has 80 heavy (non-hydrogen) atoms. The predicted molar refractivity (Wildman–Crippen MR) is 302 cm³/mol. The standard InChI is InChI=1S/C60H69F3N9O7S/c1-37(2)44-7-5-6-8-45(44)49-35-70(34-39-9-14-43(15-10-39)78-58(62)63)27-28-72(49)42-31-60(32-42)23-25-71(26-24-60)41-13-16-46(50(29-41)79-52-18-12-40-11-17-47(61)53(40)67-52)57(73)68-80(76,77)51-30-48(69(4)75)54(56-55(51)65-36-66-56)64-33-38-19-21-59(3,74)22-20-38/h5-10,12-18,29-30,36-38,42,49,58,64,74H,11,19-28,31-35H2,1-4H3,(H,65,66)(H,68,73)/q-1/t38?,49-,59?/m0/s1. The lowest BCUT2D eigenvalue weighted by Crippen LogP contribution is -2.60. The highest BCUT2D eigenvalue weighted by atomic mass is 32.2. The first-order valence-corrected chi connectivity index (χ1v) is 29.3. The van der Waals surface area contributed by atoms with Gasteiger partial charge in [0.15, 0.2) is 0 Å². The van der Waals surface area contributed by atoms with Gasteiger partial charge < -0.3 is 40.1 Å². The summed E-state index contributed by atoms with van der Waals surface area (Å²) in [6.07, 6.45) is 10.00. The second-order valence-corrected chi connectivity index (χ2v) is 24.8. The third-order valence-corrected chi connectivity index (χ3v) is 18.7. The van der Waals surface area contributed by atoms with E-state index in [0.29, 0.717) is 60.6 Å². The van der Waals surface area contributed by atoms with Crippen LogP contribution in [0.3, 0.4) is 0 Å². The quantitative estimate of drug-likeness (QED) is 0.0631. The summed E-state index contributed by atoms with van der Waals surface area (Å²) in [7, 11) is -3.44. The van der Waals surface area contributed by atoms with Gasteiger partial charge in [-0.2, -0.15) is 8.78 Å². The normalized spacial score (nSPS) is 21.6. The fourth-order valence-corrected chi connectivity index (χ4v) is 14.0. The van der Waals surface area contributed by atoms with Crippen molar-refractivity contribution in [3.8, 4) is 17.4 Å². The van der Waals surface area contributed by atoms with Crippen molar-refractivity contribution >= 4 is 49.9 Å². The summed E-state index contributed by atoms with van der Waals surface area (Å²) in [6.45, 7) is 8.68. The van der Waals surface area contributed by atoms with Gasteiger partial charge in [0, 0.05) is 75.7 Å². The number of hydrogen-bond acceptors (Lipinski definition) is 14. The number of aromatic nitrogens is 3. The lowest BCUT2D eigenvalue weighted by Gasteiger charge is -2.58. The molecular formula is C60H69F3N9O7S-. The molecule has 4 heterocycles. The third-order valence-electron chi connectivity index (χ3n) is 17.4. The van der Waals surface area contributed by atoms with E-state index < -0.39 is 34.0 Å². The van der Waals surface area contributed by atoms with E-state index in [9.17, 15) is 36.7 Å². The molecule has 5 aliphatic rings. The van der Waals surface area contributed by atoms with Gasteiger partial charge in [0.2, 0.25) is 5.88 Å². The molecule has 4 N–H and O–H groups in total. The smallest absolute Gasteiger partial charge is 0.387 e. The summed E-state index contributed by atoms with van der Waals surface area (Å²) in [6, 6.07) is 25.8. The molecule has 2 aliphatic heterocycles. The molecule has 424 valence electrons. The van der Waals surface area contributed by atoms with Crippen LogP contribution < -0.4 is 29.5 Å². The predicted octanol–water partition coefficient (Wildman–Crippen LogP) is 11.1. The van der Waals surface area contributed by atoms with Crippen molar-refractivity contribution in [1.29, 1.82) is 0 Å². The molecular weight excluding hydrogens is 1050 g/mol. The number of benzene rings is 4. The van der Waals surface area contributed by atoms with E-state index in [1.165, 1.54) is 42.7 Å². The minimum atomic E-state index is -4.70. The number of hydrogen-bond donors (Lipinski definition) is 4. The Bertz CT molecular complexity index is 3380. The Morgan fingerprint density at radius 3 is 2.45 bits per heavy atom. The number of piperidine rings is 1. The Morgan fingerprint density at radius 2 is 1.73 bits per heavy atom. The number of hydroxylamine groups is 1. The molecule has 11 rings (SSSR count). The number of nitrogens with one attached hydrogen (secondary N) is 3. The zero-order chi connectivity index (χ0) is 56.1. The molecule has 2 saturated carbocycles. The average Bonchev–Trinajstić information content (AvgIpc) is 3.77. The third kappa shape index (κ3) is 11.6. The number of aromatic amines is 1. The number of pyridine rings is 1. The topological polar surface area (TPSA) is 192 Å². The molecule has 6 aromatic rings. The first kappa shape index (κ1) is 55.2. The van der Waals surface area contributed by atoms with Gasteiger partial charge in [-0.3, -0.25) is 14.6 Å². The van der Waals surface area contributed by atoms with Crippen LogP contribution in [0.15, 0.2) is 102 Å². The number of alkyl halides is 2. The zero-order valence-corrected chi connectivity index (χ0v) is 46.4. The Kier molecular flexibility index (Phi) is 15.4. The highest BCUT2D eigenvalue weighted by Crippen LogP contribution is 2.54. The minimum Gasteiger partial charge on any atom is -0.758 e. The number of nitrogens with zero attached hydrogens (tertiary/aromatic N) is 6. The van der Waals surface area contributed by atoms with E-state index in [-0.39, 0.29) is 67.6 Å². The van der Waals surface area contributed by atoms with Crippen LogP contribution in [0.5, 0.6) is 17.4 Å². The van der Waals surface area contributed by atoms with Crippen LogP contribution in [0, 0.1) is 16.5 Å². The second kappa shape index (κ2) is 22.3. The fourth-order valence-electron chi connectivity index (χ4n) is 12.9. The van der Waals surface area contributed by atoms with Gasteiger partial charge in [0.25, 0.3) is 15.9 Å². The van der Waals surface area contributed by atoms with Crippen LogP contribution >= 0.6 is 0 Å². The molecule has 16 nitrogen and oxygen atoms in total. The van der Waals surface area contributed by atoms with Gasteiger partial charge in [-0.1, -0.05) is 56.3 Å². The van der Waals surface area contributed by atoms with E-state index in [1.807, 2.05) is 19.1 Å². The van der Waals surface area contributed by atoms with Crippen LogP contribution in [0.2, 0.25) is 0 Å². The van der Waals surface area contributed by atoms with Crippen molar-refractivity contribution in [2.45, 2.75) is 120 Å². The molecule has 2 saturated heterocycles. The minimum absolute atomic E-state index is 0.0207. The van der Waals surface area contributed by atoms with Crippen molar-refractivity contribution in [1.82, 2.24) is 29.5 Å². The molecule has 3 aliphatic carbocycles. The number of imidazole rings is 1. The largest absolute Gasteiger partial charge is 0.758 e. The number of rotatable bonds is 17. The van der Waals surface area contributed by atoms with Crippen molar-refractivity contribution in [2.75, 3.05) is 61.6 Å². The Balaban J connectivity index is 0.801. The van der Waals surface area contributed by atoms with E-state index in [2.05, 4.69) is 82.5 Å². The van der Waals surface area contributed by atoms with Gasteiger partial charge in [-0.05, 0) is 148 Å². The highest BCUT2D eigenvalue weighted by Gasteiger charge is 2.50. The number of aliphatic hydroxyl groups is 1. The summed E-state index contributed by atoms with van der Waals surface area (Å²) in [5, 5.41) is 27.5. The van der Waals surface area contributed by atoms with E-state index >= 15 is 0 Å². The van der Waals surface area contributed by atoms with Crippen molar-refractivity contribution < 1.29 is 41.0 Å². The average molecular weight is 1120 g/mol. The number of amides is 1. The van der Waals surface area contributed by atoms with Crippen LogP contribution in [-0.4, -0.2) is 109 Å². The maximum atomic E-state index is 14.9. The first-order valence-electron chi connectivity index (χ1n) is 27.8. The van der Waals surface area contributed by atoms with Crippen molar-refractivity contribution in [2.24, 2.45) is 11.3 Å². The summed E-state index contributed by atoms with van der Waals surface area (Å²) >= 11 is 0. The van der Waals surface area contributed by atoms with Gasteiger partial charge in [-0.15, -0.1) is 0 Å². The lowest BCUT2D eigenvalue weighted by molar-refractivity contribution is -0.0628. The van der Waals surface area contributed by atoms with Crippen LogP contribution in [0.4, 0.5) is 30.2 Å². The number of piperazine rings is 1. The van der Waals surface area contributed by atoms with Crippen LogP contribution in [-0.2, 0) is 23.0 Å². The molecule has 4 fully saturated rings. The molecule has 0 radical (unpaired) electrons. The number of carbonyl (C=O) groups excluding carboxylic acids is 1. The van der Waals surface area contributed by atoms with Gasteiger partial charge in [-0.25, -0.2) is 27.5 Å². The van der Waals surface area contributed by atoms with E-state index in [1.54, 1.807) is 36.4 Å². The summed E-state index contributed by atoms with van der Waals surface area (Å²) in [5.41, 5.74) is 5.33. The summed E-state index contributed by atoms with van der Waals surface area (Å²) in [4.78, 5) is 33.2. The number of allylic oxidation sites excluding steroid dienone is 1. The number of halogens is 3. The number of ether oxygens (including phenoxy) is 2. The Labute approximate surface area is 465 Å². The second-order valence-electron chi connectivity index (χ2n) is 23.2. The Hall–Kier alpha value is -6.71. The number of H-pyrrole nitrogens is 1. The van der Waals surface area contributed by atoms with E-state index in [4.69, 9.17) is 4.74 Å². The zero-order valence-electron chi connectivity index (χ0n) is 45.6. The molecule has 4 aromatic carbocycles. The summed E-state index contributed by atoms with van der Waals surface area (Å²) in [5.74, 6) is -0.735. The number of fused-ring (bicyclic) bond motifs is 2. The molecule has 1 spiro atoms.